The second-order valence-corrected chi connectivity index (χ2v) is 6.89. The number of nitro benzene ring substituents is 2. The van der Waals surface area contributed by atoms with Crippen LogP contribution in [0.1, 0.15) is 19.4 Å². The van der Waals surface area contributed by atoms with Gasteiger partial charge in [0.1, 0.15) is 0 Å². The van der Waals surface area contributed by atoms with E-state index < -0.39 is 22.3 Å². The van der Waals surface area contributed by atoms with Gasteiger partial charge in [0.2, 0.25) is 0 Å². The molecule has 1 aromatic rings. The Labute approximate surface area is 131 Å². The Morgan fingerprint density at radius 1 is 1.09 bits per heavy atom. The number of hydrogen-bond acceptors (Lipinski definition) is 8. The van der Waals surface area contributed by atoms with Gasteiger partial charge in [-0.25, -0.2) is 0 Å². The van der Waals surface area contributed by atoms with Crippen LogP contribution in [-0.2, 0) is 32.0 Å². The van der Waals surface area contributed by atoms with Crippen molar-refractivity contribution in [3.63, 3.8) is 0 Å². The number of rotatable bonds is 9. The minimum Gasteiger partial charge on any atom is -0.309 e. The maximum absolute atomic E-state index is 11.0. The van der Waals surface area contributed by atoms with E-state index in [2.05, 4.69) is 0 Å². The first kappa shape index (κ1) is 18.6. The number of nitrogens with zero attached hydrogens (tertiary/aromatic N) is 2. The van der Waals surface area contributed by atoms with Crippen molar-refractivity contribution < 1.29 is 23.4 Å². The van der Waals surface area contributed by atoms with Gasteiger partial charge in [-0.1, -0.05) is 0 Å². The van der Waals surface area contributed by atoms with E-state index in [9.17, 15) is 20.2 Å². The summed E-state index contributed by atoms with van der Waals surface area (Å²) in [5.41, 5.74) is -0.627. The van der Waals surface area contributed by atoms with E-state index in [1.54, 1.807) is 13.8 Å². The van der Waals surface area contributed by atoms with Crippen molar-refractivity contribution in [2.24, 2.45) is 0 Å². The van der Waals surface area contributed by atoms with E-state index in [0.29, 0.717) is 0 Å². The Balaban J connectivity index is 2.99. The van der Waals surface area contributed by atoms with E-state index in [1.807, 2.05) is 0 Å². The quantitative estimate of drug-likeness (QED) is 0.378. The van der Waals surface area contributed by atoms with Crippen LogP contribution in [0.25, 0.3) is 0 Å². The Morgan fingerprint density at radius 2 is 1.68 bits per heavy atom. The van der Waals surface area contributed by atoms with Crippen LogP contribution in [0, 0.1) is 20.2 Å². The van der Waals surface area contributed by atoms with Crippen LogP contribution in [-0.4, -0.2) is 23.1 Å². The molecule has 0 spiro atoms. The van der Waals surface area contributed by atoms with Crippen LogP contribution < -0.4 is 0 Å². The molecule has 0 bridgehead atoms. The molecule has 0 radical (unpaired) electrons. The topological polar surface area (TPSA) is 114 Å². The van der Waals surface area contributed by atoms with Crippen LogP contribution in [0.2, 0.25) is 0 Å². The molecule has 0 N–H and O–H groups in total. The van der Waals surface area contributed by atoms with Crippen LogP contribution in [0.15, 0.2) is 18.2 Å². The van der Waals surface area contributed by atoms with Crippen LogP contribution in [0.3, 0.4) is 0 Å². The maximum Gasteiger partial charge on any atom is 0.327 e. The maximum atomic E-state index is 11.0. The van der Waals surface area contributed by atoms with Gasteiger partial charge in [-0.3, -0.25) is 20.2 Å². The standard InChI is InChI=1S/C11H15N2O7PS/c1-3-18-21(22,19-4-2)20-8-9-5-6-10(12(14)15)7-11(9)13(16)17/h5-7H,3-4,8H2,1-2H3. The molecular weight excluding hydrogens is 335 g/mol. The highest BCUT2D eigenvalue weighted by atomic mass is 32.5. The first-order chi connectivity index (χ1) is 10.3. The molecule has 0 saturated carbocycles. The molecule has 22 heavy (non-hydrogen) atoms. The molecule has 1 rings (SSSR count). The molecular formula is C11H15N2O7PS. The van der Waals surface area contributed by atoms with E-state index in [0.717, 1.165) is 12.1 Å². The molecule has 11 heteroatoms. The van der Waals surface area contributed by atoms with Crippen molar-refractivity contribution in [3.8, 4) is 0 Å². The van der Waals surface area contributed by atoms with Crippen molar-refractivity contribution >= 4 is 29.9 Å². The first-order valence-corrected chi connectivity index (χ1v) is 8.84. The normalized spacial score (nSPS) is 11.4. The van der Waals surface area contributed by atoms with Gasteiger partial charge < -0.3 is 13.6 Å². The summed E-state index contributed by atoms with van der Waals surface area (Å²) < 4.78 is 15.9. The Hall–Kier alpha value is -1.45. The molecule has 0 saturated heterocycles. The Morgan fingerprint density at radius 3 is 2.14 bits per heavy atom. The summed E-state index contributed by atoms with van der Waals surface area (Å²) in [5.74, 6) is 0. The lowest BCUT2D eigenvalue weighted by molar-refractivity contribution is -0.394. The van der Waals surface area contributed by atoms with Gasteiger partial charge in [0.05, 0.1) is 41.3 Å². The predicted molar refractivity (Wildman–Crippen MR) is 82.1 cm³/mol. The number of non-ortho nitro benzene ring substituents is 1. The summed E-state index contributed by atoms with van der Waals surface area (Å²) in [7, 11) is 0. The van der Waals surface area contributed by atoms with Gasteiger partial charge in [0.25, 0.3) is 11.4 Å². The molecule has 0 unspecified atom stereocenters. The fourth-order valence-corrected chi connectivity index (χ4v) is 3.48. The van der Waals surface area contributed by atoms with Crippen molar-refractivity contribution in [1.82, 2.24) is 0 Å². The zero-order valence-corrected chi connectivity index (χ0v) is 13.7. The summed E-state index contributed by atoms with van der Waals surface area (Å²) in [6, 6.07) is 3.30. The minimum absolute atomic E-state index is 0.157. The van der Waals surface area contributed by atoms with Crippen LogP contribution in [0.5, 0.6) is 0 Å². The predicted octanol–water partition coefficient (Wildman–Crippen LogP) is 3.32. The van der Waals surface area contributed by atoms with E-state index >= 15 is 0 Å². The van der Waals surface area contributed by atoms with Gasteiger partial charge in [-0.2, -0.15) is 0 Å². The molecule has 0 aliphatic carbocycles. The van der Waals surface area contributed by atoms with Crippen LogP contribution in [0.4, 0.5) is 11.4 Å². The molecule has 0 atom stereocenters. The van der Waals surface area contributed by atoms with Gasteiger partial charge in [0, 0.05) is 6.07 Å². The lowest BCUT2D eigenvalue weighted by atomic mass is 10.2. The van der Waals surface area contributed by atoms with Crippen molar-refractivity contribution in [2.75, 3.05) is 13.2 Å². The lowest BCUT2D eigenvalue weighted by Gasteiger charge is -2.20. The third-order valence-electron chi connectivity index (χ3n) is 2.43. The molecule has 0 aliphatic rings. The van der Waals surface area contributed by atoms with Gasteiger partial charge >= 0.3 is 6.72 Å². The monoisotopic (exact) mass is 350 g/mol. The zero-order chi connectivity index (χ0) is 16.8. The van der Waals surface area contributed by atoms with E-state index in [-0.39, 0.29) is 31.1 Å². The third-order valence-corrected chi connectivity index (χ3v) is 4.97. The van der Waals surface area contributed by atoms with Crippen molar-refractivity contribution in [1.29, 1.82) is 0 Å². The zero-order valence-electron chi connectivity index (χ0n) is 12.0. The van der Waals surface area contributed by atoms with Crippen molar-refractivity contribution in [2.45, 2.75) is 20.5 Å². The highest BCUT2D eigenvalue weighted by molar-refractivity contribution is 8.07. The average molecular weight is 350 g/mol. The van der Waals surface area contributed by atoms with Gasteiger partial charge in [-0.15, -0.1) is 0 Å². The Bertz CT molecular complexity index is 600. The Kier molecular flexibility index (Phi) is 6.98. The summed E-state index contributed by atoms with van der Waals surface area (Å²) in [4.78, 5) is 20.3. The minimum atomic E-state index is -2.99. The summed E-state index contributed by atoms with van der Waals surface area (Å²) in [5, 5.41) is 21.7. The summed E-state index contributed by atoms with van der Waals surface area (Å²) in [6.07, 6.45) is 0. The second kappa shape index (κ2) is 8.25. The highest BCUT2D eigenvalue weighted by Gasteiger charge is 2.24. The first-order valence-electron chi connectivity index (χ1n) is 6.28. The smallest absolute Gasteiger partial charge is 0.309 e. The molecule has 0 heterocycles. The highest BCUT2D eigenvalue weighted by Crippen LogP contribution is 2.50. The summed E-state index contributed by atoms with van der Waals surface area (Å²) in [6.45, 7) is 0.775. The number of benzene rings is 1. The van der Waals surface area contributed by atoms with E-state index in [1.165, 1.54) is 6.07 Å². The average Bonchev–Trinajstić information content (AvgIpc) is 2.45. The van der Waals surface area contributed by atoms with Crippen LogP contribution >= 0.6 is 6.72 Å². The number of hydrogen-bond donors (Lipinski definition) is 0. The molecule has 0 amide bonds. The number of nitro groups is 2. The fraction of sp³-hybridized carbons (Fsp3) is 0.455. The summed E-state index contributed by atoms with van der Waals surface area (Å²) >= 11 is 5.14. The largest absolute Gasteiger partial charge is 0.327 e. The third kappa shape index (κ3) is 5.08. The molecule has 0 aliphatic heterocycles. The van der Waals surface area contributed by atoms with Crippen molar-refractivity contribution in [3.05, 3.63) is 44.0 Å². The molecule has 122 valence electrons. The van der Waals surface area contributed by atoms with Gasteiger partial charge in [0.15, 0.2) is 0 Å². The second-order valence-electron chi connectivity index (χ2n) is 3.88. The van der Waals surface area contributed by atoms with E-state index in [4.69, 9.17) is 25.4 Å². The van der Waals surface area contributed by atoms with Gasteiger partial charge in [-0.05, 0) is 31.7 Å². The molecule has 9 nitrogen and oxygen atoms in total. The molecule has 1 aromatic carbocycles. The molecule has 0 aromatic heterocycles. The SMILES string of the molecule is CCOP(=S)(OCC)OCc1ccc([N+](=O)[O-])cc1[N+](=O)[O-]. The lowest BCUT2D eigenvalue weighted by Crippen LogP contribution is -2.03. The fourth-order valence-electron chi connectivity index (χ4n) is 1.53. The molecule has 0 fully saturated rings.